The Morgan fingerprint density at radius 3 is 2.58 bits per heavy atom. The van der Waals surface area contributed by atoms with Crippen molar-refractivity contribution in [2.45, 2.75) is 26.8 Å². The smallest absolute Gasteiger partial charge is 0.326 e. The monoisotopic (exact) mass is 453 g/mol. The lowest BCUT2D eigenvalue weighted by molar-refractivity contribution is -0.149. The second kappa shape index (κ2) is 11.7. The topological polar surface area (TPSA) is 109 Å². The predicted octanol–water partition coefficient (Wildman–Crippen LogP) is 2.10. The zero-order valence-corrected chi connectivity index (χ0v) is 18.7. The van der Waals surface area contributed by atoms with Crippen molar-refractivity contribution in [3.8, 4) is 11.5 Å². The number of fused-ring (bicyclic) bond motifs is 1. The first-order chi connectivity index (χ1) is 16.0. The minimum atomic E-state index is -0.684. The Morgan fingerprint density at radius 2 is 1.79 bits per heavy atom. The summed E-state index contributed by atoms with van der Waals surface area (Å²) in [6.07, 6.45) is 1.73. The summed E-state index contributed by atoms with van der Waals surface area (Å²) in [5.41, 5.74) is 1.66. The molecule has 0 aliphatic heterocycles. The third-order valence-corrected chi connectivity index (χ3v) is 4.75. The highest BCUT2D eigenvalue weighted by molar-refractivity contribution is 5.81. The van der Waals surface area contributed by atoms with E-state index >= 15 is 0 Å². The maximum absolute atomic E-state index is 12.2. The van der Waals surface area contributed by atoms with E-state index in [1.165, 1.54) is 4.57 Å². The van der Waals surface area contributed by atoms with Gasteiger partial charge >= 0.3 is 5.97 Å². The summed E-state index contributed by atoms with van der Waals surface area (Å²) in [6, 6.07) is 12.6. The minimum Gasteiger partial charge on any atom is -0.490 e. The number of carbonyl (C=O) groups excluding carboxylic acids is 2. The lowest BCUT2D eigenvalue weighted by atomic mass is 10.1. The number of ether oxygens (including phenoxy) is 3. The quantitative estimate of drug-likeness (QED) is 0.443. The van der Waals surface area contributed by atoms with Gasteiger partial charge in [0.1, 0.15) is 6.54 Å². The molecule has 1 N–H and O–H groups in total. The van der Waals surface area contributed by atoms with Crippen molar-refractivity contribution in [1.82, 2.24) is 14.9 Å². The number of hydrogen-bond donors (Lipinski definition) is 1. The van der Waals surface area contributed by atoms with E-state index in [0.29, 0.717) is 48.7 Å². The van der Waals surface area contributed by atoms with Crippen LogP contribution < -0.4 is 20.3 Å². The van der Waals surface area contributed by atoms with Crippen molar-refractivity contribution in [2.24, 2.45) is 0 Å². The molecule has 0 fully saturated rings. The number of esters is 1. The molecule has 9 nitrogen and oxygen atoms in total. The molecule has 1 aromatic heterocycles. The molecular weight excluding hydrogens is 426 g/mol. The Hall–Kier alpha value is -3.88. The number of hydrogen-bond acceptors (Lipinski definition) is 7. The number of rotatable bonds is 11. The van der Waals surface area contributed by atoms with E-state index in [1.807, 2.05) is 32.0 Å². The molecule has 9 heteroatoms. The summed E-state index contributed by atoms with van der Waals surface area (Å²) in [7, 11) is 0. The second-order valence-corrected chi connectivity index (χ2v) is 7.08. The number of carbonyl (C=O) groups is 2. The van der Waals surface area contributed by atoms with Gasteiger partial charge in [-0.25, -0.2) is 4.98 Å². The Kier molecular flexibility index (Phi) is 8.40. The number of para-hydroxylation sites is 2. The fourth-order valence-corrected chi connectivity index (χ4v) is 3.25. The van der Waals surface area contributed by atoms with Gasteiger partial charge in [0.15, 0.2) is 18.1 Å². The molecule has 0 bridgehead atoms. The molecule has 1 amide bonds. The van der Waals surface area contributed by atoms with Gasteiger partial charge in [-0.05, 0) is 50.1 Å². The maximum Gasteiger partial charge on any atom is 0.326 e. The van der Waals surface area contributed by atoms with E-state index < -0.39 is 24.0 Å². The van der Waals surface area contributed by atoms with Crippen molar-refractivity contribution in [2.75, 3.05) is 26.4 Å². The highest BCUT2D eigenvalue weighted by atomic mass is 16.5. The first-order valence-corrected chi connectivity index (χ1v) is 10.8. The van der Waals surface area contributed by atoms with Crippen LogP contribution in [0.1, 0.15) is 19.4 Å². The molecule has 0 unspecified atom stereocenters. The number of amides is 1. The zero-order chi connectivity index (χ0) is 23.6. The normalized spacial score (nSPS) is 10.6. The second-order valence-electron chi connectivity index (χ2n) is 7.08. The third-order valence-electron chi connectivity index (χ3n) is 4.75. The van der Waals surface area contributed by atoms with Crippen molar-refractivity contribution >= 4 is 22.9 Å². The molecule has 2 aromatic carbocycles. The van der Waals surface area contributed by atoms with E-state index in [1.54, 1.807) is 24.3 Å². The summed E-state index contributed by atoms with van der Waals surface area (Å²) in [5, 5.41) is 2.72. The number of nitrogens with one attached hydrogen (secondary N) is 1. The zero-order valence-electron chi connectivity index (χ0n) is 18.7. The van der Waals surface area contributed by atoms with Gasteiger partial charge in [0, 0.05) is 6.54 Å². The summed E-state index contributed by atoms with van der Waals surface area (Å²) in [4.78, 5) is 40.4. The fraction of sp³-hybridized carbons (Fsp3) is 0.333. The van der Waals surface area contributed by atoms with Crippen LogP contribution in [0.5, 0.6) is 11.5 Å². The molecule has 3 rings (SSSR count). The molecule has 0 aliphatic rings. The largest absolute Gasteiger partial charge is 0.490 e. The van der Waals surface area contributed by atoms with Gasteiger partial charge in [0.05, 0.1) is 30.4 Å². The molecule has 3 aromatic rings. The van der Waals surface area contributed by atoms with E-state index in [2.05, 4.69) is 10.3 Å². The first-order valence-electron chi connectivity index (χ1n) is 10.8. The van der Waals surface area contributed by atoms with Crippen LogP contribution in [0.15, 0.2) is 53.5 Å². The predicted molar refractivity (Wildman–Crippen MR) is 122 cm³/mol. The van der Waals surface area contributed by atoms with E-state index in [0.717, 1.165) is 11.8 Å². The molecule has 0 radical (unpaired) electrons. The molecule has 0 aliphatic carbocycles. The van der Waals surface area contributed by atoms with Gasteiger partial charge in [-0.15, -0.1) is 0 Å². The van der Waals surface area contributed by atoms with Crippen molar-refractivity contribution in [1.29, 1.82) is 0 Å². The van der Waals surface area contributed by atoms with Crippen molar-refractivity contribution in [3.05, 3.63) is 64.6 Å². The molecule has 33 heavy (non-hydrogen) atoms. The van der Waals surface area contributed by atoms with Crippen LogP contribution in [0.3, 0.4) is 0 Å². The van der Waals surface area contributed by atoms with E-state index in [-0.39, 0.29) is 6.54 Å². The van der Waals surface area contributed by atoms with Crippen LogP contribution in [0.2, 0.25) is 0 Å². The molecule has 174 valence electrons. The van der Waals surface area contributed by atoms with Crippen molar-refractivity contribution in [3.63, 3.8) is 0 Å². The van der Waals surface area contributed by atoms with Crippen LogP contribution >= 0.6 is 0 Å². The number of aromatic nitrogens is 2. The molecule has 1 heterocycles. The molecule has 0 atom stereocenters. The van der Waals surface area contributed by atoms with Gasteiger partial charge in [0.25, 0.3) is 11.5 Å². The molecule has 0 saturated heterocycles. The molecule has 0 spiro atoms. The Bertz CT molecular complexity index is 1170. The Morgan fingerprint density at radius 1 is 1.03 bits per heavy atom. The fourth-order valence-electron chi connectivity index (χ4n) is 3.25. The van der Waals surface area contributed by atoms with Gasteiger partial charge in [-0.3, -0.25) is 19.0 Å². The Balaban J connectivity index is 1.47. The highest BCUT2D eigenvalue weighted by Crippen LogP contribution is 2.28. The Labute approximate surface area is 191 Å². The average molecular weight is 453 g/mol. The molecular formula is C24H27N3O6. The van der Waals surface area contributed by atoms with E-state index in [4.69, 9.17) is 14.2 Å². The highest BCUT2D eigenvalue weighted by Gasteiger charge is 2.12. The van der Waals surface area contributed by atoms with Crippen molar-refractivity contribution < 1.29 is 23.8 Å². The summed E-state index contributed by atoms with van der Waals surface area (Å²) < 4.78 is 17.5. The number of benzene rings is 2. The first kappa shape index (κ1) is 23.8. The van der Waals surface area contributed by atoms with Gasteiger partial charge < -0.3 is 19.5 Å². The average Bonchev–Trinajstić information content (AvgIpc) is 2.81. The summed E-state index contributed by atoms with van der Waals surface area (Å²) in [5.74, 6) is 0.235. The molecule has 0 saturated carbocycles. The lowest BCUT2D eigenvalue weighted by Crippen LogP contribution is -2.32. The standard InChI is InChI=1S/C24H27N3O6/c1-3-31-20-10-9-17(13-21(20)32-4-2)11-12-25-22(28)16-33-24(30)15-27-19-8-6-5-7-18(19)26-14-23(27)29/h5-10,13-14H,3-4,11-12,15-16H2,1-2H3,(H,25,28). The minimum absolute atomic E-state index is 0.304. The SMILES string of the molecule is CCOc1ccc(CCNC(=O)COC(=O)Cn2c(=O)cnc3ccccc32)cc1OCC. The summed E-state index contributed by atoms with van der Waals surface area (Å²) in [6.45, 7) is 4.50. The lowest BCUT2D eigenvalue weighted by Gasteiger charge is -2.13. The van der Waals surface area contributed by atoms with Crippen LogP contribution in [-0.4, -0.2) is 47.8 Å². The van der Waals surface area contributed by atoms with Gasteiger partial charge in [-0.2, -0.15) is 0 Å². The van der Waals surface area contributed by atoms with Gasteiger partial charge in [-0.1, -0.05) is 18.2 Å². The van der Waals surface area contributed by atoms with Crippen LogP contribution in [-0.2, 0) is 27.3 Å². The van der Waals surface area contributed by atoms with Crippen LogP contribution in [0.4, 0.5) is 0 Å². The number of nitrogens with zero attached hydrogens (tertiary/aromatic N) is 2. The van der Waals surface area contributed by atoms with Gasteiger partial charge in [0.2, 0.25) is 0 Å². The summed E-state index contributed by atoms with van der Waals surface area (Å²) >= 11 is 0. The van der Waals surface area contributed by atoms with Crippen LogP contribution in [0, 0.1) is 0 Å². The maximum atomic E-state index is 12.2. The van der Waals surface area contributed by atoms with Crippen LogP contribution in [0.25, 0.3) is 11.0 Å². The third kappa shape index (κ3) is 6.55. The van der Waals surface area contributed by atoms with E-state index in [9.17, 15) is 14.4 Å².